The maximum atomic E-state index is 12.6. The molecule has 25 heavy (non-hydrogen) atoms. The molecular formula is C17H33F3N4O. The molecule has 0 aliphatic rings. The number of aromatic nitrogens is 1. The highest BCUT2D eigenvalue weighted by atomic mass is 19.4. The highest BCUT2D eigenvalue weighted by molar-refractivity contribution is 5.32. The number of rotatable bonds is 6. The van der Waals surface area contributed by atoms with Crippen LogP contribution < -0.4 is 21.7 Å². The van der Waals surface area contributed by atoms with Crippen LogP contribution in [0.1, 0.15) is 52.0 Å². The number of alkyl halides is 3. The SMILES string of the molecule is CCCC(C)CCC.CN.COc1ccn(CN)c(=N)c1C(F)(F)F. The fourth-order valence-electron chi connectivity index (χ4n) is 2.30. The maximum absolute atomic E-state index is 12.6. The second-order valence-electron chi connectivity index (χ2n) is 5.44. The molecule has 0 radical (unpaired) electrons. The summed E-state index contributed by atoms with van der Waals surface area (Å²) in [4.78, 5) is 0. The molecule has 8 heteroatoms. The first-order valence-electron chi connectivity index (χ1n) is 8.39. The van der Waals surface area contributed by atoms with Crippen LogP contribution in [0.4, 0.5) is 13.2 Å². The van der Waals surface area contributed by atoms with Crippen molar-refractivity contribution in [3.63, 3.8) is 0 Å². The van der Waals surface area contributed by atoms with Crippen molar-refractivity contribution < 1.29 is 17.9 Å². The highest BCUT2D eigenvalue weighted by Gasteiger charge is 2.36. The molecule has 0 aromatic carbocycles. The van der Waals surface area contributed by atoms with Crippen molar-refractivity contribution in [2.24, 2.45) is 17.4 Å². The van der Waals surface area contributed by atoms with Gasteiger partial charge >= 0.3 is 6.18 Å². The molecule has 0 atom stereocenters. The van der Waals surface area contributed by atoms with Gasteiger partial charge in [0, 0.05) is 6.20 Å². The van der Waals surface area contributed by atoms with E-state index >= 15 is 0 Å². The third-order valence-electron chi connectivity index (χ3n) is 3.44. The standard InChI is InChI=1S/C8H10F3N3O.C8H18.CH5N/c1-15-5-2-3-14(4-12)7(13)6(5)8(9,10)11;1-4-6-8(3)7-5-2;1-2/h2-3,13H,4,12H2,1H3;8H,4-7H2,1-3H3;2H2,1H3. The van der Waals surface area contributed by atoms with Crippen molar-refractivity contribution in [3.05, 3.63) is 23.3 Å². The Hall–Kier alpha value is -1.54. The minimum Gasteiger partial charge on any atom is -0.496 e. The zero-order valence-electron chi connectivity index (χ0n) is 15.9. The van der Waals surface area contributed by atoms with Gasteiger partial charge in [-0.1, -0.05) is 46.5 Å². The molecule has 148 valence electrons. The van der Waals surface area contributed by atoms with Crippen molar-refractivity contribution >= 4 is 0 Å². The molecule has 0 spiro atoms. The van der Waals surface area contributed by atoms with Crippen LogP contribution in [0.5, 0.6) is 5.75 Å². The third kappa shape index (κ3) is 9.50. The lowest BCUT2D eigenvalue weighted by Gasteiger charge is -2.14. The van der Waals surface area contributed by atoms with E-state index in [1.165, 1.54) is 38.9 Å². The van der Waals surface area contributed by atoms with Gasteiger partial charge in [0.1, 0.15) is 16.8 Å². The summed E-state index contributed by atoms with van der Waals surface area (Å²) >= 11 is 0. The van der Waals surface area contributed by atoms with E-state index in [0.29, 0.717) is 0 Å². The minimum absolute atomic E-state index is 0.189. The molecular weight excluding hydrogens is 333 g/mol. The predicted octanol–water partition coefficient (Wildman–Crippen LogP) is 3.71. The number of nitrogens with one attached hydrogen (secondary N) is 1. The number of hydrogen-bond donors (Lipinski definition) is 3. The molecule has 0 amide bonds. The Labute approximate surface area is 148 Å². The summed E-state index contributed by atoms with van der Waals surface area (Å²) in [6.07, 6.45) is 2.17. The topological polar surface area (TPSA) is 90.1 Å². The first-order chi connectivity index (χ1) is 11.7. The summed E-state index contributed by atoms with van der Waals surface area (Å²) in [6.45, 7) is 6.66. The van der Waals surface area contributed by atoms with E-state index in [1.54, 1.807) is 0 Å². The third-order valence-corrected chi connectivity index (χ3v) is 3.44. The van der Waals surface area contributed by atoms with E-state index in [2.05, 4.69) is 31.2 Å². The van der Waals surface area contributed by atoms with Gasteiger partial charge in [-0.3, -0.25) is 5.41 Å². The minimum atomic E-state index is -4.62. The van der Waals surface area contributed by atoms with E-state index in [0.717, 1.165) is 23.7 Å². The van der Waals surface area contributed by atoms with Gasteiger partial charge < -0.3 is 20.8 Å². The normalized spacial score (nSPS) is 10.5. The maximum Gasteiger partial charge on any atom is 0.423 e. The van der Waals surface area contributed by atoms with E-state index in [1.807, 2.05) is 0 Å². The lowest BCUT2D eigenvalue weighted by molar-refractivity contribution is -0.140. The van der Waals surface area contributed by atoms with Crippen LogP contribution in [0, 0.1) is 11.3 Å². The van der Waals surface area contributed by atoms with Gasteiger partial charge in [0.05, 0.1) is 13.8 Å². The first kappa shape index (κ1) is 25.7. The Morgan fingerprint density at radius 2 is 1.68 bits per heavy atom. The lowest BCUT2D eigenvalue weighted by atomic mass is 10.0. The van der Waals surface area contributed by atoms with Gasteiger partial charge in [0.15, 0.2) is 0 Å². The second-order valence-corrected chi connectivity index (χ2v) is 5.44. The zero-order valence-corrected chi connectivity index (χ0v) is 15.9. The average Bonchev–Trinajstić information content (AvgIpc) is 2.56. The van der Waals surface area contributed by atoms with Crippen LogP contribution in [0.25, 0.3) is 0 Å². The van der Waals surface area contributed by atoms with E-state index in [-0.39, 0.29) is 12.4 Å². The zero-order chi connectivity index (χ0) is 20.0. The monoisotopic (exact) mass is 366 g/mol. The van der Waals surface area contributed by atoms with Crippen LogP contribution in [-0.4, -0.2) is 18.7 Å². The molecule has 1 rings (SSSR count). The number of nitrogens with two attached hydrogens (primary N) is 2. The number of ether oxygens (including phenoxy) is 1. The van der Waals surface area contributed by atoms with E-state index < -0.39 is 17.2 Å². The van der Waals surface area contributed by atoms with Crippen LogP contribution >= 0.6 is 0 Å². The summed E-state index contributed by atoms with van der Waals surface area (Å²) in [6, 6.07) is 1.13. The number of methoxy groups -OCH3 is 1. The van der Waals surface area contributed by atoms with Crippen LogP contribution in [0.15, 0.2) is 12.3 Å². The van der Waals surface area contributed by atoms with Gasteiger partial charge in [-0.15, -0.1) is 0 Å². The number of hydrogen-bond acceptors (Lipinski definition) is 4. The molecule has 0 saturated heterocycles. The number of pyridine rings is 1. The number of halogens is 3. The quantitative estimate of drug-likeness (QED) is 0.717. The molecule has 0 bridgehead atoms. The molecule has 0 aliphatic carbocycles. The van der Waals surface area contributed by atoms with Gasteiger partial charge in [-0.2, -0.15) is 13.2 Å². The summed E-state index contributed by atoms with van der Waals surface area (Å²) in [5.41, 5.74) is 7.87. The van der Waals surface area contributed by atoms with Gasteiger partial charge in [-0.05, 0) is 19.0 Å². The van der Waals surface area contributed by atoms with Crippen molar-refractivity contribution in [2.45, 2.75) is 59.3 Å². The molecule has 5 nitrogen and oxygen atoms in total. The van der Waals surface area contributed by atoms with Crippen LogP contribution in [-0.2, 0) is 12.8 Å². The van der Waals surface area contributed by atoms with Crippen LogP contribution in [0.3, 0.4) is 0 Å². The van der Waals surface area contributed by atoms with Gasteiger partial charge in [0.2, 0.25) is 0 Å². The molecule has 5 N–H and O–H groups in total. The summed E-state index contributed by atoms with van der Waals surface area (Å²) < 4.78 is 43.2. The fraction of sp³-hybridized carbons (Fsp3) is 0.706. The second kappa shape index (κ2) is 13.7. The lowest BCUT2D eigenvalue weighted by Crippen LogP contribution is -2.31. The first-order valence-corrected chi connectivity index (χ1v) is 8.39. The smallest absolute Gasteiger partial charge is 0.423 e. The van der Waals surface area contributed by atoms with Crippen molar-refractivity contribution in [1.82, 2.24) is 4.57 Å². The molecule has 0 unspecified atom stereocenters. The molecule has 1 heterocycles. The molecule has 1 aromatic heterocycles. The Morgan fingerprint density at radius 1 is 1.20 bits per heavy atom. The summed E-state index contributed by atoms with van der Waals surface area (Å²) in [5, 5.41) is 7.33. The molecule has 0 saturated carbocycles. The Morgan fingerprint density at radius 3 is 2.00 bits per heavy atom. The van der Waals surface area contributed by atoms with Crippen molar-refractivity contribution in [1.29, 1.82) is 5.41 Å². The van der Waals surface area contributed by atoms with Crippen molar-refractivity contribution in [2.75, 3.05) is 14.2 Å². The van der Waals surface area contributed by atoms with E-state index in [9.17, 15) is 13.2 Å². The number of nitrogens with zero attached hydrogens (tertiary/aromatic N) is 1. The summed E-state index contributed by atoms with van der Waals surface area (Å²) in [7, 11) is 2.62. The van der Waals surface area contributed by atoms with Gasteiger partial charge in [-0.25, -0.2) is 0 Å². The summed E-state index contributed by atoms with van der Waals surface area (Å²) in [5.74, 6) is 0.585. The van der Waals surface area contributed by atoms with Crippen LogP contribution in [0.2, 0.25) is 0 Å². The average molecular weight is 366 g/mol. The molecule has 1 aromatic rings. The predicted molar refractivity (Wildman–Crippen MR) is 95.1 cm³/mol. The Bertz CT molecular complexity index is 510. The molecule has 0 fully saturated rings. The van der Waals surface area contributed by atoms with E-state index in [4.69, 9.17) is 11.1 Å². The Balaban J connectivity index is 0. The highest BCUT2D eigenvalue weighted by Crippen LogP contribution is 2.32. The van der Waals surface area contributed by atoms with Gasteiger partial charge in [0.25, 0.3) is 0 Å². The van der Waals surface area contributed by atoms with Crippen molar-refractivity contribution in [3.8, 4) is 5.75 Å². The largest absolute Gasteiger partial charge is 0.496 e. The Kier molecular flexibility index (Phi) is 14.1. The fourth-order valence-corrected chi connectivity index (χ4v) is 2.30. The molecule has 0 aliphatic heterocycles.